The van der Waals surface area contributed by atoms with Crippen LogP contribution in [0.4, 0.5) is 5.69 Å². The average Bonchev–Trinajstić information content (AvgIpc) is 2.76. The highest BCUT2D eigenvalue weighted by Crippen LogP contribution is 2.18. The quantitative estimate of drug-likeness (QED) is 0.807. The molecule has 0 unspecified atom stereocenters. The summed E-state index contributed by atoms with van der Waals surface area (Å²) in [6, 6.07) is 8.46. The lowest BCUT2D eigenvalue weighted by atomic mass is 10.1. The molecule has 1 aliphatic rings. The second-order valence-corrected chi connectivity index (χ2v) is 6.12. The predicted octanol–water partition coefficient (Wildman–Crippen LogP) is 3.89. The first-order chi connectivity index (χ1) is 10.2. The predicted molar refractivity (Wildman–Crippen MR) is 88.5 cm³/mol. The average molecular weight is 288 g/mol. The Morgan fingerprint density at radius 3 is 2.33 bits per heavy atom. The van der Waals surface area contributed by atoms with Crippen molar-refractivity contribution in [1.82, 2.24) is 5.32 Å². The van der Waals surface area contributed by atoms with E-state index in [-0.39, 0.29) is 11.9 Å². The topological polar surface area (TPSA) is 41.1 Å². The Labute approximate surface area is 128 Å². The molecule has 0 radical (unpaired) electrons. The maximum absolute atomic E-state index is 12.3. The highest BCUT2D eigenvalue weighted by atomic mass is 16.2. The number of benzene rings is 1. The molecule has 2 N–H and O–H groups in total. The Morgan fingerprint density at radius 1 is 1.14 bits per heavy atom. The summed E-state index contributed by atoms with van der Waals surface area (Å²) in [5.74, 6) is 0.0588. The Balaban J connectivity index is 1.83. The van der Waals surface area contributed by atoms with Crippen LogP contribution >= 0.6 is 0 Å². The largest absolute Gasteiger partial charge is 0.325 e. The fraction of sp³-hybridized carbons (Fsp3) is 0.611. The summed E-state index contributed by atoms with van der Waals surface area (Å²) in [7, 11) is 0. The molecule has 0 bridgehead atoms. The van der Waals surface area contributed by atoms with E-state index in [1.807, 2.05) is 19.1 Å². The number of hydrogen-bond donors (Lipinski definition) is 2. The first-order valence-electron chi connectivity index (χ1n) is 8.35. The highest BCUT2D eigenvalue weighted by Gasteiger charge is 2.19. The van der Waals surface area contributed by atoms with E-state index in [1.165, 1.54) is 44.1 Å². The Bertz CT molecular complexity index is 433. The normalized spacial score (nSPS) is 18.0. The van der Waals surface area contributed by atoms with Crippen LogP contribution in [-0.4, -0.2) is 18.0 Å². The minimum atomic E-state index is -0.140. The molecule has 0 heterocycles. The third-order valence-corrected chi connectivity index (χ3v) is 4.36. The van der Waals surface area contributed by atoms with Gasteiger partial charge in [0.2, 0.25) is 5.91 Å². The van der Waals surface area contributed by atoms with Gasteiger partial charge in [-0.25, -0.2) is 0 Å². The van der Waals surface area contributed by atoms with Crippen molar-refractivity contribution in [1.29, 1.82) is 0 Å². The van der Waals surface area contributed by atoms with E-state index in [2.05, 4.69) is 29.7 Å². The summed E-state index contributed by atoms with van der Waals surface area (Å²) in [5.41, 5.74) is 2.17. The van der Waals surface area contributed by atoms with Crippen LogP contribution in [0.2, 0.25) is 0 Å². The molecular weight excluding hydrogens is 260 g/mol. The zero-order valence-corrected chi connectivity index (χ0v) is 13.3. The summed E-state index contributed by atoms with van der Waals surface area (Å²) in [4.78, 5) is 12.3. The van der Waals surface area contributed by atoms with E-state index in [0.29, 0.717) is 6.04 Å². The second kappa shape index (κ2) is 8.18. The van der Waals surface area contributed by atoms with E-state index in [9.17, 15) is 4.79 Å². The maximum atomic E-state index is 12.3. The van der Waals surface area contributed by atoms with Crippen LogP contribution in [0.15, 0.2) is 24.3 Å². The Morgan fingerprint density at radius 2 is 1.76 bits per heavy atom. The van der Waals surface area contributed by atoms with Crippen molar-refractivity contribution < 1.29 is 4.79 Å². The number of nitrogens with one attached hydrogen (secondary N) is 2. The molecule has 116 valence electrons. The van der Waals surface area contributed by atoms with Gasteiger partial charge in [0, 0.05) is 11.7 Å². The van der Waals surface area contributed by atoms with Gasteiger partial charge in [0.1, 0.15) is 0 Å². The Kier molecular flexibility index (Phi) is 6.24. The maximum Gasteiger partial charge on any atom is 0.241 e. The van der Waals surface area contributed by atoms with Gasteiger partial charge in [-0.3, -0.25) is 4.79 Å². The molecule has 3 heteroatoms. The monoisotopic (exact) mass is 288 g/mol. The van der Waals surface area contributed by atoms with Crippen LogP contribution < -0.4 is 10.6 Å². The molecule has 0 saturated heterocycles. The van der Waals surface area contributed by atoms with E-state index >= 15 is 0 Å². The van der Waals surface area contributed by atoms with Crippen molar-refractivity contribution in [2.75, 3.05) is 5.32 Å². The van der Waals surface area contributed by atoms with Gasteiger partial charge in [-0.2, -0.15) is 0 Å². The number of hydrogen-bond acceptors (Lipinski definition) is 2. The fourth-order valence-corrected chi connectivity index (χ4v) is 2.95. The van der Waals surface area contributed by atoms with Crippen molar-refractivity contribution in [3.05, 3.63) is 29.8 Å². The lowest BCUT2D eigenvalue weighted by molar-refractivity contribution is -0.118. The Hall–Kier alpha value is -1.35. The molecule has 21 heavy (non-hydrogen) atoms. The van der Waals surface area contributed by atoms with Crippen molar-refractivity contribution in [2.24, 2.45) is 0 Å². The zero-order chi connectivity index (χ0) is 15.1. The van der Waals surface area contributed by atoms with Gasteiger partial charge >= 0.3 is 0 Å². The highest BCUT2D eigenvalue weighted by molar-refractivity contribution is 5.94. The van der Waals surface area contributed by atoms with Crippen molar-refractivity contribution in [3.8, 4) is 0 Å². The summed E-state index contributed by atoms with van der Waals surface area (Å²) < 4.78 is 0. The molecule has 1 saturated carbocycles. The SMILES string of the molecule is CCc1ccc(NC(=O)[C@H](C)NC2CCCCCC2)cc1. The van der Waals surface area contributed by atoms with Gasteiger partial charge in [-0.05, 0) is 43.9 Å². The molecule has 1 aromatic carbocycles. The number of anilines is 1. The number of carbonyl (C=O) groups is 1. The second-order valence-electron chi connectivity index (χ2n) is 6.12. The fourth-order valence-electron chi connectivity index (χ4n) is 2.95. The van der Waals surface area contributed by atoms with Gasteiger partial charge in [-0.15, -0.1) is 0 Å². The van der Waals surface area contributed by atoms with E-state index in [1.54, 1.807) is 0 Å². The molecule has 1 aliphatic carbocycles. The number of amides is 1. The van der Waals surface area contributed by atoms with Crippen LogP contribution in [0.1, 0.15) is 57.9 Å². The molecule has 1 atom stereocenters. The van der Waals surface area contributed by atoms with E-state index in [0.717, 1.165) is 12.1 Å². The van der Waals surface area contributed by atoms with Gasteiger partial charge < -0.3 is 10.6 Å². The van der Waals surface area contributed by atoms with E-state index < -0.39 is 0 Å². The molecule has 1 aromatic rings. The molecule has 0 aromatic heterocycles. The van der Waals surface area contributed by atoms with Crippen LogP contribution in [0.3, 0.4) is 0 Å². The third-order valence-electron chi connectivity index (χ3n) is 4.36. The van der Waals surface area contributed by atoms with Gasteiger partial charge in [-0.1, -0.05) is 44.7 Å². The first-order valence-corrected chi connectivity index (χ1v) is 8.35. The summed E-state index contributed by atoms with van der Waals surface area (Å²) in [6.07, 6.45) is 8.65. The number of carbonyl (C=O) groups excluding carboxylic acids is 1. The molecule has 1 amide bonds. The first kappa shape index (κ1) is 16.0. The van der Waals surface area contributed by atoms with Crippen molar-refractivity contribution in [3.63, 3.8) is 0 Å². The third kappa shape index (κ3) is 5.16. The smallest absolute Gasteiger partial charge is 0.241 e. The summed E-state index contributed by atoms with van der Waals surface area (Å²) >= 11 is 0. The van der Waals surface area contributed by atoms with Crippen molar-refractivity contribution in [2.45, 2.75) is 70.9 Å². The lowest BCUT2D eigenvalue weighted by Gasteiger charge is -2.21. The molecule has 0 spiro atoms. The van der Waals surface area contributed by atoms with E-state index in [4.69, 9.17) is 0 Å². The molecule has 1 fully saturated rings. The molecule has 2 rings (SSSR count). The van der Waals surface area contributed by atoms with Crippen molar-refractivity contribution >= 4 is 11.6 Å². The molecule has 3 nitrogen and oxygen atoms in total. The number of aryl methyl sites for hydroxylation is 1. The lowest BCUT2D eigenvalue weighted by Crippen LogP contribution is -2.43. The van der Waals surface area contributed by atoms with Gasteiger partial charge in [0.05, 0.1) is 6.04 Å². The summed E-state index contributed by atoms with van der Waals surface area (Å²) in [5, 5.41) is 6.49. The number of rotatable bonds is 5. The molecule has 0 aliphatic heterocycles. The minimum absolute atomic E-state index is 0.0588. The van der Waals surface area contributed by atoms with Crippen LogP contribution in [0.5, 0.6) is 0 Å². The summed E-state index contributed by atoms with van der Waals surface area (Å²) in [6.45, 7) is 4.09. The van der Waals surface area contributed by atoms with Crippen LogP contribution in [0.25, 0.3) is 0 Å². The standard InChI is InChI=1S/C18H28N2O/c1-3-15-10-12-17(13-11-15)20-18(21)14(2)19-16-8-6-4-5-7-9-16/h10-14,16,19H,3-9H2,1-2H3,(H,20,21)/t14-/m0/s1. The van der Waals surface area contributed by atoms with Gasteiger partial charge in [0.15, 0.2) is 0 Å². The van der Waals surface area contributed by atoms with Crippen LogP contribution in [-0.2, 0) is 11.2 Å². The van der Waals surface area contributed by atoms with Gasteiger partial charge in [0.25, 0.3) is 0 Å². The minimum Gasteiger partial charge on any atom is -0.325 e. The zero-order valence-electron chi connectivity index (χ0n) is 13.3. The van der Waals surface area contributed by atoms with Crippen LogP contribution in [0, 0.1) is 0 Å². The molecular formula is C18H28N2O.